The van der Waals surface area contributed by atoms with Crippen LogP contribution in [0.15, 0.2) is 53.4 Å². The van der Waals surface area contributed by atoms with Gasteiger partial charge in [0, 0.05) is 23.9 Å². The van der Waals surface area contributed by atoms with Gasteiger partial charge in [-0.25, -0.2) is 18.2 Å². The Labute approximate surface area is 143 Å². The smallest absolute Gasteiger partial charge is 0.255 e. The normalized spacial score (nSPS) is 11.3. The summed E-state index contributed by atoms with van der Waals surface area (Å²) in [6, 6.07) is 12.4. The van der Waals surface area contributed by atoms with E-state index in [-0.39, 0.29) is 10.8 Å². The molecule has 3 aromatic rings. The molecule has 0 unspecified atom stereocenters. The topological polar surface area (TPSA) is 133 Å². The Morgan fingerprint density at radius 1 is 1.08 bits per heavy atom. The van der Waals surface area contributed by atoms with Crippen molar-refractivity contribution in [3.05, 3.63) is 54.1 Å². The molecule has 2 aromatic carbocycles. The molecule has 0 atom stereocenters. The lowest BCUT2D eigenvalue weighted by Gasteiger charge is -2.07. The molecule has 9 nitrogen and oxygen atoms in total. The van der Waals surface area contributed by atoms with Crippen LogP contribution in [-0.4, -0.2) is 34.5 Å². The number of amides is 1. The second kappa shape index (κ2) is 6.42. The lowest BCUT2D eigenvalue weighted by Crippen LogP contribution is -2.13. The maximum absolute atomic E-state index is 12.3. The molecule has 1 heterocycles. The van der Waals surface area contributed by atoms with Gasteiger partial charge in [0.15, 0.2) is 5.82 Å². The van der Waals surface area contributed by atoms with E-state index in [1.807, 2.05) is 0 Å². The van der Waals surface area contributed by atoms with Crippen molar-refractivity contribution in [1.29, 1.82) is 0 Å². The number of primary sulfonamides is 1. The van der Waals surface area contributed by atoms with Crippen LogP contribution in [0.1, 0.15) is 10.4 Å². The molecule has 0 saturated heterocycles. The van der Waals surface area contributed by atoms with Crippen molar-refractivity contribution in [2.24, 2.45) is 12.2 Å². The molecule has 0 radical (unpaired) electrons. The summed E-state index contributed by atoms with van der Waals surface area (Å²) in [5.74, 6) is 0.261. The van der Waals surface area contributed by atoms with E-state index >= 15 is 0 Å². The fourth-order valence-corrected chi connectivity index (χ4v) is 2.69. The van der Waals surface area contributed by atoms with Crippen molar-refractivity contribution in [3.63, 3.8) is 0 Å². The first-order chi connectivity index (χ1) is 11.8. The number of aryl methyl sites for hydroxylation is 1. The molecular weight excluding hydrogens is 344 g/mol. The van der Waals surface area contributed by atoms with Crippen molar-refractivity contribution < 1.29 is 13.2 Å². The lowest BCUT2D eigenvalue weighted by atomic mass is 10.1. The van der Waals surface area contributed by atoms with Crippen LogP contribution in [0.4, 0.5) is 5.69 Å². The van der Waals surface area contributed by atoms with Crippen LogP contribution in [0.25, 0.3) is 11.4 Å². The van der Waals surface area contributed by atoms with Crippen molar-refractivity contribution >= 4 is 21.6 Å². The van der Waals surface area contributed by atoms with Crippen molar-refractivity contribution in [2.45, 2.75) is 4.90 Å². The van der Waals surface area contributed by atoms with Crippen molar-refractivity contribution in [3.8, 4) is 11.4 Å². The first-order valence-electron chi connectivity index (χ1n) is 7.11. The quantitative estimate of drug-likeness (QED) is 0.708. The fraction of sp³-hybridized carbons (Fsp3) is 0.0667. The third kappa shape index (κ3) is 3.70. The predicted octanol–water partition coefficient (Wildman–Crippen LogP) is 0.777. The molecule has 0 aliphatic rings. The highest BCUT2D eigenvalue weighted by molar-refractivity contribution is 7.89. The number of hydrogen-bond acceptors (Lipinski definition) is 6. The minimum Gasteiger partial charge on any atom is -0.322 e. The number of tetrazole rings is 1. The summed E-state index contributed by atoms with van der Waals surface area (Å²) in [6.45, 7) is 0. The molecule has 3 rings (SSSR count). The number of sulfonamides is 1. The van der Waals surface area contributed by atoms with Gasteiger partial charge in [0.1, 0.15) is 0 Å². The third-order valence-corrected chi connectivity index (χ3v) is 4.40. The second-order valence-corrected chi connectivity index (χ2v) is 6.79. The van der Waals surface area contributed by atoms with Gasteiger partial charge in [-0.15, -0.1) is 5.10 Å². The van der Waals surface area contributed by atoms with Gasteiger partial charge in [0.2, 0.25) is 10.0 Å². The van der Waals surface area contributed by atoms with Crippen molar-refractivity contribution in [2.75, 3.05) is 5.32 Å². The molecule has 1 aromatic heterocycles. The summed E-state index contributed by atoms with van der Waals surface area (Å²) in [7, 11) is -2.04. The molecule has 3 N–H and O–H groups in total. The minimum atomic E-state index is -3.76. The molecule has 10 heteroatoms. The van der Waals surface area contributed by atoms with E-state index in [2.05, 4.69) is 20.8 Å². The minimum absolute atomic E-state index is 0.0212. The van der Waals surface area contributed by atoms with Crippen molar-refractivity contribution in [1.82, 2.24) is 20.2 Å². The summed E-state index contributed by atoms with van der Waals surface area (Å²) < 4.78 is 24.0. The number of rotatable bonds is 4. The number of nitrogens with zero attached hydrogens (tertiary/aromatic N) is 4. The Morgan fingerprint density at radius 2 is 1.72 bits per heavy atom. The highest BCUT2D eigenvalue weighted by Crippen LogP contribution is 2.17. The summed E-state index contributed by atoms with van der Waals surface area (Å²) in [5, 5.41) is 18.9. The van der Waals surface area contributed by atoms with E-state index in [4.69, 9.17) is 5.14 Å². The van der Waals surface area contributed by atoms with Crippen LogP contribution >= 0.6 is 0 Å². The zero-order valence-electron chi connectivity index (χ0n) is 13.1. The number of benzene rings is 2. The number of carbonyl (C=O) groups is 1. The van der Waals surface area contributed by atoms with E-state index in [9.17, 15) is 13.2 Å². The van der Waals surface area contributed by atoms with Crippen LogP contribution in [0.5, 0.6) is 0 Å². The molecule has 0 saturated carbocycles. The summed E-state index contributed by atoms with van der Waals surface area (Å²) in [6.07, 6.45) is 0. The van der Waals surface area contributed by atoms with Gasteiger partial charge >= 0.3 is 0 Å². The molecule has 0 fully saturated rings. The van der Waals surface area contributed by atoms with E-state index < -0.39 is 10.0 Å². The van der Waals surface area contributed by atoms with E-state index in [1.54, 1.807) is 31.3 Å². The number of nitrogens with two attached hydrogens (primary N) is 1. The maximum atomic E-state index is 12.3. The van der Waals surface area contributed by atoms with Gasteiger partial charge in [-0.05, 0) is 46.8 Å². The average molecular weight is 358 g/mol. The Balaban J connectivity index is 1.74. The highest BCUT2D eigenvalue weighted by Gasteiger charge is 2.11. The van der Waals surface area contributed by atoms with Gasteiger partial charge in [0.05, 0.1) is 4.90 Å². The van der Waals surface area contributed by atoms with Crippen LogP contribution in [0.3, 0.4) is 0 Å². The van der Waals surface area contributed by atoms with Crippen LogP contribution in [0.2, 0.25) is 0 Å². The molecule has 0 spiro atoms. The Morgan fingerprint density at radius 3 is 2.24 bits per heavy atom. The van der Waals surface area contributed by atoms with Crippen LogP contribution in [-0.2, 0) is 17.1 Å². The zero-order chi connectivity index (χ0) is 18.0. The number of anilines is 1. The number of hydrogen-bond donors (Lipinski definition) is 2. The van der Waals surface area contributed by atoms with E-state index in [0.29, 0.717) is 17.1 Å². The van der Waals surface area contributed by atoms with Gasteiger partial charge in [-0.2, -0.15) is 0 Å². The average Bonchev–Trinajstić information content (AvgIpc) is 3.01. The Kier molecular flexibility index (Phi) is 4.30. The lowest BCUT2D eigenvalue weighted by molar-refractivity contribution is 0.102. The molecule has 128 valence electrons. The molecule has 0 aliphatic carbocycles. The summed E-state index contributed by atoms with van der Waals surface area (Å²) in [5.41, 5.74) is 1.68. The Hall–Kier alpha value is -3.11. The summed E-state index contributed by atoms with van der Waals surface area (Å²) >= 11 is 0. The highest BCUT2D eigenvalue weighted by atomic mass is 32.2. The fourth-order valence-electron chi connectivity index (χ4n) is 2.18. The number of nitrogens with one attached hydrogen (secondary N) is 1. The molecule has 0 bridgehead atoms. The SMILES string of the molecule is Cn1nnnc1-c1ccc(C(=O)Nc2ccc(S(N)(=O)=O)cc2)cc1. The Bertz CT molecular complexity index is 1010. The first kappa shape index (κ1) is 16.7. The van der Waals surface area contributed by atoms with Crippen LogP contribution < -0.4 is 10.5 Å². The van der Waals surface area contributed by atoms with Gasteiger partial charge in [-0.3, -0.25) is 4.79 Å². The van der Waals surface area contributed by atoms with Crippen LogP contribution in [0, 0.1) is 0 Å². The molecular formula is C15H14N6O3S. The summed E-state index contributed by atoms with van der Waals surface area (Å²) in [4.78, 5) is 12.2. The van der Waals surface area contributed by atoms with Gasteiger partial charge in [0.25, 0.3) is 5.91 Å². The predicted molar refractivity (Wildman–Crippen MR) is 90.0 cm³/mol. The molecule has 1 amide bonds. The maximum Gasteiger partial charge on any atom is 0.255 e. The second-order valence-electron chi connectivity index (χ2n) is 5.23. The zero-order valence-corrected chi connectivity index (χ0v) is 13.9. The van der Waals surface area contributed by atoms with E-state index in [0.717, 1.165) is 5.56 Å². The monoisotopic (exact) mass is 358 g/mol. The van der Waals surface area contributed by atoms with Gasteiger partial charge in [-0.1, -0.05) is 12.1 Å². The molecule has 25 heavy (non-hydrogen) atoms. The molecule has 0 aliphatic heterocycles. The largest absolute Gasteiger partial charge is 0.322 e. The van der Waals surface area contributed by atoms with E-state index in [1.165, 1.54) is 28.9 Å². The van der Waals surface area contributed by atoms with Gasteiger partial charge < -0.3 is 5.32 Å². The number of carbonyl (C=O) groups excluding carboxylic acids is 1. The first-order valence-corrected chi connectivity index (χ1v) is 8.66. The number of aromatic nitrogens is 4. The third-order valence-electron chi connectivity index (χ3n) is 3.47. The standard InChI is InChI=1S/C15H14N6O3S/c1-21-14(18-19-20-21)10-2-4-11(5-3-10)15(22)17-12-6-8-13(9-7-12)25(16,23)24/h2-9H,1H3,(H,17,22)(H2,16,23,24).